The van der Waals surface area contributed by atoms with Crippen molar-refractivity contribution < 1.29 is 34.4 Å². The Morgan fingerprint density at radius 1 is 1.07 bits per heavy atom. The summed E-state index contributed by atoms with van der Waals surface area (Å²) in [5, 5.41) is 35.2. The van der Waals surface area contributed by atoms with Crippen LogP contribution in [0.3, 0.4) is 0 Å². The molecule has 43 heavy (non-hydrogen) atoms. The molecule has 0 spiro atoms. The summed E-state index contributed by atoms with van der Waals surface area (Å²) in [6.07, 6.45) is 4.67. The number of fused-ring (bicyclic) bond motifs is 3. The number of aliphatic hydroxyl groups excluding tert-OH is 2. The zero-order valence-corrected chi connectivity index (χ0v) is 25.5. The van der Waals surface area contributed by atoms with Crippen molar-refractivity contribution in [1.82, 2.24) is 0 Å². The average molecular weight is 585 g/mol. The van der Waals surface area contributed by atoms with Gasteiger partial charge in [0.15, 0.2) is 17.2 Å². The molecular formula is C36H40O7. The van der Waals surface area contributed by atoms with Crippen LogP contribution in [0.2, 0.25) is 0 Å². The van der Waals surface area contributed by atoms with Crippen molar-refractivity contribution in [2.24, 2.45) is 17.8 Å². The zero-order chi connectivity index (χ0) is 31.0. The fraction of sp³-hybridized carbons (Fsp3) is 0.472. The second-order valence-corrected chi connectivity index (χ2v) is 13.1. The van der Waals surface area contributed by atoms with Gasteiger partial charge in [-0.2, -0.15) is 0 Å². The van der Waals surface area contributed by atoms with Crippen molar-refractivity contribution in [3.05, 3.63) is 75.1 Å². The molecule has 1 saturated carbocycles. The number of allylic oxidation sites excluding steroid dienone is 1. The van der Waals surface area contributed by atoms with E-state index in [-0.39, 0.29) is 17.6 Å². The van der Waals surface area contributed by atoms with Crippen LogP contribution in [0.25, 0.3) is 11.1 Å². The molecule has 3 N–H and O–H groups in total. The minimum Gasteiger partial charge on any atom is -0.508 e. The molecule has 4 aliphatic carbocycles. The summed E-state index contributed by atoms with van der Waals surface area (Å²) in [5.74, 6) is -3.84. The van der Waals surface area contributed by atoms with Gasteiger partial charge in [-0.25, -0.2) is 0 Å². The predicted octanol–water partition coefficient (Wildman–Crippen LogP) is 5.73. The molecule has 7 heteroatoms. The van der Waals surface area contributed by atoms with Crippen LogP contribution in [0, 0.1) is 24.7 Å². The number of carbonyl (C=O) groups excluding carboxylic acids is 3. The molecule has 5 atom stereocenters. The number of benzene rings is 2. The van der Waals surface area contributed by atoms with Gasteiger partial charge in [-0.15, -0.1) is 0 Å². The van der Waals surface area contributed by atoms with Gasteiger partial charge in [-0.05, 0) is 79.8 Å². The minimum absolute atomic E-state index is 0.0393. The van der Waals surface area contributed by atoms with E-state index >= 15 is 0 Å². The van der Waals surface area contributed by atoms with Crippen LogP contribution < -0.4 is 4.74 Å². The van der Waals surface area contributed by atoms with Gasteiger partial charge in [0.2, 0.25) is 5.78 Å². The molecule has 0 aliphatic heterocycles. The van der Waals surface area contributed by atoms with Gasteiger partial charge in [0, 0.05) is 28.5 Å². The van der Waals surface area contributed by atoms with Crippen molar-refractivity contribution >= 4 is 17.3 Å². The van der Waals surface area contributed by atoms with Crippen molar-refractivity contribution in [1.29, 1.82) is 0 Å². The van der Waals surface area contributed by atoms with E-state index in [4.69, 9.17) is 4.74 Å². The first kappa shape index (κ1) is 29.5. The van der Waals surface area contributed by atoms with E-state index in [2.05, 4.69) is 12.1 Å². The Hall–Kier alpha value is -3.55. The van der Waals surface area contributed by atoms with Crippen molar-refractivity contribution in [3.8, 4) is 16.9 Å². The zero-order valence-electron chi connectivity index (χ0n) is 25.5. The molecule has 0 bridgehead atoms. The van der Waals surface area contributed by atoms with Crippen LogP contribution in [0.1, 0.15) is 85.8 Å². The number of Topliss-reactive ketones (excluding diaryl/α,β-unsaturated/α-hetero) is 3. The highest BCUT2D eigenvalue weighted by molar-refractivity contribution is 6.25. The highest BCUT2D eigenvalue weighted by atomic mass is 16.5. The third kappa shape index (κ3) is 4.26. The number of ketones is 3. The van der Waals surface area contributed by atoms with Crippen molar-refractivity contribution in [3.63, 3.8) is 0 Å². The number of ether oxygens (including phenoxy) is 1. The molecule has 0 amide bonds. The van der Waals surface area contributed by atoms with Gasteiger partial charge in [-0.3, -0.25) is 14.4 Å². The maximum Gasteiger partial charge on any atom is 0.206 e. The number of hydrogen-bond donors (Lipinski definition) is 3. The summed E-state index contributed by atoms with van der Waals surface area (Å²) in [6.45, 7) is 6.61. The number of carbonyl (C=O) groups is 3. The Kier molecular flexibility index (Phi) is 7.25. The first-order valence-electron chi connectivity index (χ1n) is 15.4. The fourth-order valence-electron chi connectivity index (χ4n) is 8.53. The second kappa shape index (κ2) is 10.6. The van der Waals surface area contributed by atoms with Gasteiger partial charge in [0.25, 0.3) is 0 Å². The SMILES string of the molecule is COc1ccc(CC2CCCC2)cc1-c1ccc(C)c2c1[C@H](C)[C@H]1C(=C(O)[C@@]3(O)C(=O)C(C(C)=O)=C(C)C[C@H]3[C@H]1O)C2=O. The summed E-state index contributed by atoms with van der Waals surface area (Å²) in [6, 6.07) is 10.1. The number of aryl methyl sites for hydroxylation is 1. The third-order valence-electron chi connectivity index (χ3n) is 10.6. The molecule has 0 heterocycles. The maximum absolute atomic E-state index is 14.3. The number of aliphatic hydroxyl groups is 3. The van der Waals surface area contributed by atoms with E-state index in [0.29, 0.717) is 28.4 Å². The molecule has 7 nitrogen and oxygen atoms in total. The number of methoxy groups -OCH3 is 1. The minimum atomic E-state index is -2.55. The molecule has 6 rings (SSSR count). The van der Waals surface area contributed by atoms with Gasteiger partial charge < -0.3 is 20.1 Å². The van der Waals surface area contributed by atoms with E-state index in [1.54, 1.807) is 14.0 Å². The van der Waals surface area contributed by atoms with Gasteiger partial charge in [0.05, 0.1) is 18.8 Å². The quantitative estimate of drug-likeness (QED) is 0.384. The normalized spacial score (nSPS) is 29.0. The largest absolute Gasteiger partial charge is 0.508 e. The lowest BCUT2D eigenvalue weighted by atomic mass is 9.55. The third-order valence-corrected chi connectivity index (χ3v) is 10.6. The molecule has 4 aliphatic rings. The fourth-order valence-corrected chi connectivity index (χ4v) is 8.53. The Balaban J connectivity index is 1.53. The molecule has 2 aromatic rings. The molecule has 0 radical (unpaired) electrons. The van der Waals surface area contributed by atoms with Crippen LogP contribution in [0.4, 0.5) is 0 Å². The summed E-state index contributed by atoms with van der Waals surface area (Å²) in [5.41, 5.74) is 2.30. The molecule has 0 unspecified atom stereocenters. The van der Waals surface area contributed by atoms with Crippen LogP contribution in [-0.2, 0) is 16.0 Å². The molecule has 226 valence electrons. The Bertz CT molecular complexity index is 1620. The molecule has 1 fully saturated rings. The van der Waals surface area contributed by atoms with E-state index in [1.165, 1.54) is 38.2 Å². The lowest BCUT2D eigenvalue weighted by molar-refractivity contribution is -0.153. The molecule has 0 saturated heterocycles. The summed E-state index contributed by atoms with van der Waals surface area (Å²) in [7, 11) is 1.63. The van der Waals surface area contributed by atoms with E-state index in [9.17, 15) is 29.7 Å². The molecular weight excluding hydrogens is 544 g/mol. The Morgan fingerprint density at radius 2 is 1.77 bits per heavy atom. The molecule has 0 aromatic heterocycles. The van der Waals surface area contributed by atoms with Gasteiger partial charge in [-0.1, -0.05) is 56.4 Å². The maximum atomic E-state index is 14.3. The van der Waals surface area contributed by atoms with Crippen LogP contribution in [-0.4, -0.2) is 51.5 Å². The molecule has 2 aromatic carbocycles. The smallest absolute Gasteiger partial charge is 0.206 e. The van der Waals surface area contributed by atoms with E-state index < -0.39 is 52.6 Å². The summed E-state index contributed by atoms with van der Waals surface area (Å²) < 4.78 is 5.80. The van der Waals surface area contributed by atoms with Crippen LogP contribution in [0.5, 0.6) is 5.75 Å². The van der Waals surface area contributed by atoms with Crippen molar-refractivity contribution in [2.45, 2.75) is 83.8 Å². The first-order valence-corrected chi connectivity index (χ1v) is 15.4. The van der Waals surface area contributed by atoms with Crippen LogP contribution >= 0.6 is 0 Å². The van der Waals surface area contributed by atoms with Gasteiger partial charge in [0.1, 0.15) is 11.5 Å². The van der Waals surface area contributed by atoms with Crippen molar-refractivity contribution in [2.75, 3.05) is 7.11 Å². The topological polar surface area (TPSA) is 121 Å². The first-order chi connectivity index (χ1) is 20.4. The summed E-state index contributed by atoms with van der Waals surface area (Å²) >= 11 is 0. The highest BCUT2D eigenvalue weighted by Gasteiger charge is 2.63. The Morgan fingerprint density at radius 3 is 2.42 bits per heavy atom. The standard InChI is InChI=1S/C36H40O7/c1-17-10-12-23(24-16-22(11-13-26(24)43-5)15-21-8-6-7-9-21)29-19(3)30-31(33(39)28(17)29)35(41)36(42)25(32(30)38)14-18(2)27(20(4)37)34(36)40/h10-13,16,19,21,25,30,32,38,41-42H,6-9,14-15H2,1-5H3/t19-,25-,30-,32+,36-/m0/s1. The number of rotatable bonds is 5. The van der Waals surface area contributed by atoms with E-state index in [0.717, 1.165) is 23.1 Å². The van der Waals surface area contributed by atoms with Gasteiger partial charge >= 0.3 is 0 Å². The lowest BCUT2D eigenvalue weighted by Crippen LogP contribution is -2.62. The van der Waals surface area contributed by atoms with Crippen LogP contribution in [0.15, 0.2) is 52.8 Å². The highest BCUT2D eigenvalue weighted by Crippen LogP contribution is 2.56. The summed E-state index contributed by atoms with van der Waals surface area (Å²) in [4.78, 5) is 40.3. The predicted molar refractivity (Wildman–Crippen MR) is 162 cm³/mol. The second-order valence-electron chi connectivity index (χ2n) is 13.1. The number of hydrogen-bond acceptors (Lipinski definition) is 7. The monoisotopic (exact) mass is 584 g/mol. The lowest BCUT2D eigenvalue weighted by Gasteiger charge is -2.50. The van der Waals surface area contributed by atoms with E-state index in [1.807, 2.05) is 32.0 Å². The average Bonchev–Trinajstić information content (AvgIpc) is 3.48. The Labute approximate surface area is 252 Å².